The van der Waals surface area contributed by atoms with Crippen molar-refractivity contribution in [3.63, 3.8) is 0 Å². The van der Waals surface area contributed by atoms with E-state index < -0.39 is 39.3 Å². The average Bonchev–Trinajstić information content (AvgIpc) is 3.12. The number of aliphatic hydroxyl groups excluding tert-OH is 3. The molecule has 2 atom stereocenters. The lowest BCUT2D eigenvalue weighted by atomic mass is 10.0. The lowest BCUT2D eigenvalue weighted by Crippen LogP contribution is -2.44. The van der Waals surface area contributed by atoms with E-state index in [1.54, 1.807) is 6.92 Å². The second-order valence-corrected chi connectivity index (χ2v) is 7.28. The minimum Gasteiger partial charge on any atom is -0.394 e. The molecule has 1 amide bonds. The molecule has 32 heavy (non-hydrogen) atoms. The fourth-order valence-corrected chi connectivity index (χ4v) is 2.60. The molecule has 2 aromatic rings. The summed E-state index contributed by atoms with van der Waals surface area (Å²) < 4.78 is 1.36. The van der Waals surface area contributed by atoms with Crippen LogP contribution in [-0.2, 0) is 11.3 Å². The first-order valence-corrected chi connectivity index (χ1v) is 9.79. The zero-order chi connectivity index (χ0) is 24.4. The van der Waals surface area contributed by atoms with Crippen LogP contribution < -0.4 is 5.32 Å². The second-order valence-electron chi connectivity index (χ2n) is 6.19. The maximum Gasteiger partial charge on any atom is 0.342 e. The van der Waals surface area contributed by atoms with Crippen LogP contribution in [0.25, 0.3) is 0 Å². The summed E-state index contributed by atoms with van der Waals surface area (Å²) in [7, 11) is 0. The third kappa shape index (κ3) is 7.69. The van der Waals surface area contributed by atoms with Crippen LogP contribution in [0.3, 0.4) is 0 Å². The van der Waals surface area contributed by atoms with Gasteiger partial charge in [-0.3, -0.25) is 14.9 Å². The van der Waals surface area contributed by atoms with Crippen molar-refractivity contribution in [3.8, 4) is 0 Å². The zero-order valence-electron chi connectivity index (χ0n) is 16.7. The summed E-state index contributed by atoms with van der Waals surface area (Å²) in [5.41, 5.74) is 0.169. The summed E-state index contributed by atoms with van der Waals surface area (Å²) in [4.78, 5) is 33.5. The summed E-state index contributed by atoms with van der Waals surface area (Å²) in [5, 5.41) is 50.9. The van der Waals surface area contributed by atoms with Crippen LogP contribution in [0.15, 0.2) is 30.5 Å². The second kappa shape index (κ2) is 12.9. The zero-order valence-corrected chi connectivity index (χ0v) is 18.2. The molecule has 1 heterocycles. The Balaban J connectivity index is 0.000000363. The van der Waals surface area contributed by atoms with Crippen LogP contribution in [0.5, 0.6) is 0 Å². The smallest absolute Gasteiger partial charge is 0.342 e. The molecule has 0 bridgehead atoms. The number of alkyl halides is 2. The Morgan fingerprint density at radius 2 is 1.78 bits per heavy atom. The third-order valence-corrected chi connectivity index (χ3v) is 4.49. The number of hydrogen-bond donors (Lipinski definition) is 4. The van der Waals surface area contributed by atoms with E-state index in [1.807, 2.05) is 0 Å². The number of nitro groups is 2. The van der Waals surface area contributed by atoms with E-state index in [1.165, 1.54) is 35.0 Å². The number of carbonyl (C=O) groups is 1. The molecule has 1 aromatic carbocycles. The van der Waals surface area contributed by atoms with Crippen molar-refractivity contribution in [2.45, 2.75) is 30.5 Å². The van der Waals surface area contributed by atoms with Crippen LogP contribution in [-0.4, -0.2) is 64.7 Å². The van der Waals surface area contributed by atoms with Gasteiger partial charge < -0.3 is 30.8 Å². The van der Waals surface area contributed by atoms with Crippen LogP contribution in [0.1, 0.15) is 17.5 Å². The Hall–Kier alpha value is -2.84. The van der Waals surface area contributed by atoms with E-state index in [-0.39, 0.29) is 24.7 Å². The molecular formula is C17H21Cl2N5O8. The predicted molar refractivity (Wildman–Crippen MR) is 113 cm³/mol. The largest absolute Gasteiger partial charge is 0.394 e. The Labute approximate surface area is 191 Å². The van der Waals surface area contributed by atoms with Crippen LogP contribution in [0.4, 0.5) is 11.5 Å². The molecule has 0 aliphatic heterocycles. The van der Waals surface area contributed by atoms with Gasteiger partial charge in [0.1, 0.15) is 18.8 Å². The van der Waals surface area contributed by atoms with Crippen molar-refractivity contribution in [2.75, 3.05) is 13.2 Å². The summed E-state index contributed by atoms with van der Waals surface area (Å²) in [6.45, 7) is 1.19. The van der Waals surface area contributed by atoms with Crippen LogP contribution >= 0.6 is 23.2 Å². The first-order valence-electron chi connectivity index (χ1n) is 8.92. The monoisotopic (exact) mass is 493 g/mol. The molecule has 15 heteroatoms. The number of aliphatic hydroxyl groups is 3. The maximum absolute atomic E-state index is 11.3. The molecule has 0 aliphatic rings. The number of benzene rings is 1. The number of nitrogens with one attached hydrogen (secondary N) is 1. The third-order valence-electron chi connectivity index (χ3n) is 4.09. The van der Waals surface area contributed by atoms with Crippen molar-refractivity contribution >= 4 is 40.6 Å². The average molecular weight is 494 g/mol. The number of carbonyl (C=O) groups excluding carboxylic acids is 1. The van der Waals surface area contributed by atoms with E-state index in [0.29, 0.717) is 11.4 Å². The van der Waals surface area contributed by atoms with E-state index in [4.69, 9.17) is 33.4 Å². The highest BCUT2D eigenvalue weighted by molar-refractivity contribution is 6.53. The summed E-state index contributed by atoms with van der Waals surface area (Å²) in [5.74, 6) is -0.300. The summed E-state index contributed by atoms with van der Waals surface area (Å²) >= 11 is 10.7. The molecule has 0 unspecified atom stereocenters. The van der Waals surface area contributed by atoms with Gasteiger partial charge in [0.05, 0.1) is 24.2 Å². The number of amides is 1. The molecule has 176 valence electrons. The van der Waals surface area contributed by atoms with Gasteiger partial charge in [-0.15, -0.1) is 0 Å². The van der Waals surface area contributed by atoms with Crippen LogP contribution in [0, 0.1) is 27.2 Å². The van der Waals surface area contributed by atoms with Gasteiger partial charge in [0.25, 0.3) is 11.6 Å². The molecule has 0 spiro atoms. The number of aromatic nitrogens is 2. The fraction of sp³-hybridized carbons (Fsp3) is 0.412. The molecule has 1 aromatic heterocycles. The lowest BCUT2D eigenvalue weighted by Gasteiger charge is -2.22. The lowest BCUT2D eigenvalue weighted by molar-refractivity contribution is -0.392. The SMILES string of the molecule is Cc1ncc([N+](=O)[O-])n1CCO.O=C(N[C@H](CO)[C@H](O)c1ccc([N+](=O)[O-])cc1)C(Cl)Cl. The normalized spacial score (nSPS) is 12.5. The Morgan fingerprint density at radius 1 is 1.19 bits per heavy atom. The van der Waals surface area contributed by atoms with Crippen molar-refractivity contribution in [1.82, 2.24) is 14.9 Å². The van der Waals surface area contributed by atoms with Gasteiger partial charge >= 0.3 is 5.82 Å². The predicted octanol–water partition coefficient (Wildman–Crippen LogP) is 1.00. The van der Waals surface area contributed by atoms with E-state index in [0.717, 1.165) is 0 Å². The maximum atomic E-state index is 11.3. The van der Waals surface area contributed by atoms with Gasteiger partial charge in [-0.05, 0) is 22.6 Å². The molecule has 13 nitrogen and oxygen atoms in total. The van der Waals surface area contributed by atoms with Crippen molar-refractivity contribution in [1.29, 1.82) is 0 Å². The van der Waals surface area contributed by atoms with Gasteiger partial charge in [-0.2, -0.15) is 0 Å². The number of hydrogen-bond acceptors (Lipinski definition) is 9. The number of imidazole rings is 1. The minimum absolute atomic E-state index is 0.0819. The number of halogens is 2. The van der Waals surface area contributed by atoms with Gasteiger partial charge in [0.2, 0.25) is 0 Å². The first-order chi connectivity index (χ1) is 15.0. The van der Waals surface area contributed by atoms with Gasteiger partial charge in [0, 0.05) is 19.1 Å². The van der Waals surface area contributed by atoms with E-state index in [2.05, 4.69) is 10.3 Å². The summed E-state index contributed by atoms with van der Waals surface area (Å²) in [6, 6.07) is 4.05. The Bertz CT molecular complexity index is 922. The Morgan fingerprint density at radius 3 is 2.22 bits per heavy atom. The fourth-order valence-electron chi connectivity index (χ4n) is 2.47. The molecule has 0 fully saturated rings. The highest BCUT2D eigenvalue weighted by atomic mass is 35.5. The van der Waals surface area contributed by atoms with Gasteiger partial charge in [0.15, 0.2) is 10.7 Å². The number of rotatable bonds is 9. The molecule has 4 N–H and O–H groups in total. The van der Waals surface area contributed by atoms with Crippen molar-refractivity contribution in [2.24, 2.45) is 0 Å². The Kier molecular flexibility index (Phi) is 10.9. The summed E-state index contributed by atoms with van der Waals surface area (Å²) in [6.07, 6.45) is -0.0674. The quantitative estimate of drug-likeness (QED) is 0.223. The molecule has 0 aliphatic carbocycles. The molecular weight excluding hydrogens is 473 g/mol. The van der Waals surface area contributed by atoms with Crippen LogP contribution in [0.2, 0.25) is 0 Å². The first kappa shape index (κ1) is 27.2. The minimum atomic E-state index is -1.33. The highest BCUT2D eigenvalue weighted by Gasteiger charge is 2.25. The molecule has 0 saturated carbocycles. The van der Waals surface area contributed by atoms with Crippen molar-refractivity contribution in [3.05, 3.63) is 62.1 Å². The molecule has 0 saturated heterocycles. The van der Waals surface area contributed by atoms with E-state index >= 15 is 0 Å². The van der Waals surface area contributed by atoms with Crippen molar-refractivity contribution < 1.29 is 30.0 Å². The standard InChI is InChI=1S/C11H12Cl2N2O5.C6H9N3O3/c12-10(13)11(18)14-8(5-16)9(17)6-1-3-7(4-2-6)15(19)20;1-5-7-4-6(9(11)12)8(5)2-3-10/h1-4,8-10,16-17H,5H2,(H,14,18);4,10H,2-3H2,1H3/t8-,9-;/m1./s1. The number of aryl methyl sites for hydroxylation is 1. The van der Waals surface area contributed by atoms with E-state index in [9.17, 15) is 30.1 Å². The number of nitro benzene ring substituents is 1. The number of nitrogens with zero attached hydrogens (tertiary/aromatic N) is 4. The highest BCUT2D eigenvalue weighted by Crippen LogP contribution is 2.20. The molecule has 0 radical (unpaired) electrons. The van der Waals surface area contributed by atoms with Gasteiger partial charge in [-0.1, -0.05) is 23.2 Å². The topological polar surface area (TPSA) is 194 Å². The molecule has 2 rings (SSSR count). The number of non-ortho nitro benzene ring substituents is 1. The van der Waals surface area contributed by atoms with Gasteiger partial charge in [-0.25, -0.2) is 9.55 Å².